The van der Waals surface area contributed by atoms with Crippen LogP contribution in [0.25, 0.3) is 0 Å². The second-order valence-corrected chi connectivity index (χ2v) is 3.67. The SMILES string of the molecule is CC(C)OCc1csc(C(=O)O)n1. The summed E-state index contributed by atoms with van der Waals surface area (Å²) in [5, 5.41) is 10.4. The molecule has 1 heterocycles. The van der Waals surface area contributed by atoms with Crippen molar-refractivity contribution >= 4 is 17.3 Å². The molecule has 0 spiro atoms. The van der Waals surface area contributed by atoms with E-state index in [4.69, 9.17) is 9.84 Å². The van der Waals surface area contributed by atoms with Gasteiger partial charge in [-0.05, 0) is 13.8 Å². The van der Waals surface area contributed by atoms with Gasteiger partial charge in [0.05, 0.1) is 18.4 Å². The van der Waals surface area contributed by atoms with E-state index in [2.05, 4.69) is 4.98 Å². The molecule has 0 bridgehead atoms. The van der Waals surface area contributed by atoms with Crippen molar-refractivity contribution < 1.29 is 14.6 Å². The van der Waals surface area contributed by atoms with Gasteiger partial charge < -0.3 is 9.84 Å². The lowest BCUT2D eigenvalue weighted by Gasteiger charge is -2.03. The van der Waals surface area contributed by atoms with Crippen LogP contribution in [0.2, 0.25) is 0 Å². The van der Waals surface area contributed by atoms with Crippen LogP contribution in [0, 0.1) is 0 Å². The van der Waals surface area contributed by atoms with Gasteiger partial charge in [0.25, 0.3) is 0 Å². The molecular formula is C8H11NO3S. The molecule has 0 amide bonds. The van der Waals surface area contributed by atoms with E-state index in [9.17, 15) is 4.79 Å². The smallest absolute Gasteiger partial charge is 0.365 e. The number of hydrogen-bond donors (Lipinski definition) is 1. The Morgan fingerprint density at radius 1 is 1.77 bits per heavy atom. The highest BCUT2D eigenvalue weighted by Crippen LogP contribution is 2.10. The predicted molar refractivity (Wildman–Crippen MR) is 49.0 cm³/mol. The van der Waals surface area contributed by atoms with Crippen LogP contribution in [-0.4, -0.2) is 22.2 Å². The quantitative estimate of drug-likeness (QED) is 0.806. The minimum atomic E-state index is -0.985. The summed E-state index contributed by atoms with van der Waals surface area (Å²) in [5.74, 6) is -0.985. The summed E-state index contributed by atoms with van der Waals surface area (Å²) in [6.07, 6.45) is 0.134. The molecule has 0 radical (unpaired) electrons. The average molecular weight is 201 g/mol. The lowest BCUT2D eigenvalue weighted by Crippen LogP contribution is -2.03. The van der Waals surface area contributed by atoms with Crippen LogP contribution in [0.4, 0.5) is 0 Å². The van der Waals surface area contributed by atoms with E-state index < -0.39 is 5.97 Å². The van der Waals surface area contributed by atoms with Crippen LogP contribution >= 0.6 is 11.3 Å². The molecule has 72 valence electrons. The van der Waals surface area contributed by atoms with Gasteiger partial charge in [-0.25, -0.2) is 9.78 Å². The lowest BCUT2D eigenvalue weighted by atomic mass is 10.4. The van der Waals surface area contributed by atoms with E-state index in [0.29, 0.717) is 12.3 Å². The largest absolute Gasteiger partial charge is 0.476 e. The van der Waals surface area contributed by atoms with Gasteiger partial charge in [0.15, 0.2) is 0 Å². The second kappa shape index (κ2) is 4.34. The summed E-state index contributed by atoms with van der Waals surface area (Å²) in [7, 11) is 0. The summed E-state index contributed by atoms with van der Waals surface area (Å²) in [6, 6.07) is 0. The summed E-state index contributed by atoms with van der Waals surface area (Å²) in [5.41, 5.74) is 0.677. The fourth-order valence-corrected chi connectivity index (χ4v) is 1.36. The Kier molecular flexibility index (Phi) is 3.39. The third kappa shape index (κ3) is 3.12. The first kappa shape index (κ1) is 10.1. The minimum absolute atomic E-state index is 0.113. The monoisotopic (exact) mass is 201 g/mol. The Morgan fingerprint density at radius 2 is 2.46 bits per heavy atom. The molecule has 0 aliphatic heterocycles. The van der Waals surface area contributed by atoms with E-state index >= 15 is 0 Å². The van der Waals surface area contributed by atoms with E-state index in [1.54, 1.807) is 5.38 Å². The number of nitrogens with zero attached hydrogens (tertiary/aromatic N) is 1. The standard InChI is InChI=1S/C8H11NO3S/c1-5(2)12-3-6-4-13-7(9-6)8(10)11/h4-5H,3H2,1-2H3,(H,10,11). The molecule has 1 aromatic heterocycles. The summed E-state index contributed by atoms with van der Waals surface area (Å²) < 4.78 is 5.27. The van der Waals surface area contributed by atoms with Crippen LogP contribution in [0.3, 0.4) is 0 Å². The number of hydrogen-bond acceptors (Lipinski definition) is 4. The summed E-state index contributed by atoms with van der Waals surface area (Å²) in [6.45, 7) is 4.22. The lowest BCUT2D eigenvalue weighted by molar-refractivity contribution is 0.0632. The van der Waals surface area contributed by atoms with Gasteiger partial charge in [-0.2, -0.15) is 0 Å². The van der Waals surface area contributed by atoms with Crippen LogP contribution < -0.4 is 0 Å². The maximum absolute atomic E-state index is 10.5. The number of aromatic carboxylic acids is 1. The molecule has 0 saturated heterocycles. The molecule has 1 aromatic rings. The molecule has 1 rings (SSSR count). The Labute approximate surface area is 80.2 Å². The molecule has 4 nitrogen and oxygen atoms in total. The normalized spacial score (nSPS) is 10.7. The maximum Gasteiger partial charge on any atom is 0.365 e. The fraction of sp³-hybridized carbons (Fsp3) is 0.500. The first-order valence-electron chi connectivity index (χ1n) is 3.89. The van der Waals surface area contributed by atoms with E-state index in [1.807, 2.05) is 13.8 Å². The Morgan fingerprint density at radius 3 is 2.92 bits per heavy atom. The molecular weight excluding hydrogens is 190 g/mol. The topological polar surface area (TPSA) is 59.4 Å². The Balaban J connectivity index is 2.54. The van der Waals surface area contributed by atoms with Gasteiger partial charge in [0.1, 0.15) is 0 Å². The number of carboxylic acid groups (broad SMARTS) is 1. The van der Waals surface area contributed by atoms with Crippen molar-refractivity contribution in [3.05, 3.63) is 16.1 Å². The number of ether oxygens (including phenoxy) is 1. The average Bonchev–Trinajstić information content (AvgIpc) is 2.48. The highest BCUT2D eigenvalue weighted by atomic mass is 32.1. The van der Waals surface area contributed by atoms with Gasteiger partial charge in [-0.15, -0.1) is 11.3 Å². The van der Waals surface area contributed by atoms with E-state index in [-0.39, 0.29) is 11.1 Å². The van der Waals surface area contributed by atoms with Crippen LogP contribution in [-0.2, 0) is 11.3 Å². The molecule has 0 saturated carbocycles. The minimum Gasteiger partial charge on any atom is -0.476 e. The number of thiazole rings is 1. The second-order valence-electron chi connectivity index (χ2n) is 2.81. The van der Waals surface area contributed by atoms with Crippen LogP contribution in [0.5, 0.6) is 0 Å². The zero-order chi connectivity index (χ0) is 9.84. The fourth-order valence-electron chi connectivity index (χ4n) is 0.724. The number of carboxylic acids is 1. The zero-order valence-electron chi connectivity index (χ0n) is 7.48. The molecule has 0 atom stereocenters. The first-order chi connectivity index (χ1) is 6.09. The maximum atomic E-state index is 10.5. The molecule has 5 heteroatoms. The van der Waals surface area contributed by atoms with Crippen molar-refractivity contribution in [2.75, 3.05) is 0 Å². The number of carbonyl (C=O) groups is 1. The zero-order valence-corrected chi connectivity index (χ0v) is 8.30. The van der Waals surface area contributed by atoms with Gasteiger partial charge in [0.2, 0.25) is 5.01 Å². The van der Waals surface area contributed by atoms with Crippen molar-refractivity contribution in [2.45, 2.75) is 26.6 Å². The molecule has 0 aromatic carbocycles. The van der Waals surface area contributed by atoms with Crippen molar-refractivity contribution in [3.63, 3.8) is 0 Å². The van der Waals surface area contributed by atoms with Gasteiger partial charge >= 0.3 is 5.97 Å². The highest BCUT2D eigenvalue weighted by molar-refractivity contribution is 7.11. The number of rotatable bonds is 4. The van der Waals surface area contributed by atoms with Crippen molar-refractivity contribution in [2.24, 2.45) is 0 Å². The van der Waals surface area contributed by atoms with Crippen molar-refractivity contribution in [1.82, 2.24) is 4.98 Å². The van der Waals surface area contributed by atoms with Crippen molar-refractivity contribution in [3.8, 4) is 0 Å². The highest BCUT2D eigenvalue weighted by Gasteiger charge is 2.08. The van der Waals surface area contributed by atoms with Crippen LogP contribution in [0.1, 0.15) is 29.3 Å². The molecule has 1 N–H and O–H groups in total. The van der Waals surface area contributed by atoms with Gasteiger partial charge in [-0.1, -0.05) is 0 Å². The Hall–Kier alpha value is -0.940. The first-order valence-corrected chi connectivity index (χ1v) is 4.77. The molecule has 0 fully saturated rings. The molecule has 13 heavy (non-hydrogen) atoms. The van der Waals surface area contributed by atoms with Crippen LogP contribution in [0.15, 0.2) is 5.38 Å². The summed E-state index contributed by atoms with van der Waals surface area (Å²) in [4.78, 5) is 14.3. The van der Waals surface area contributed by atoms with E-state index in [0.717, 1.165) is 11.3 Å². The third-order valence-corrected chi connectivity index (χ3v) is 2.18. The number of aromatic nitrogens is 1. The predicted octanol–water partition coefficient (Wildman–Crippen LogP) is 1.77. The van der Waals surface area contributed by atoms with Crippen molar-refractivity contribution in [1.29, 1.82) is 0 Å². The van der Waals surface area contributed by atoms with Gasteiger partial charge in [0, 0.05) is 5.38 Å². The summed E-state index contributed by atoms with van der Waals surface area (Å²) >= 11 is 1.12. The molecule has 0 aliphatic carbocycles. The van der Waals surface area contributed by atoms with Gasteiger partial charge in [-0.3, -0.25) is 0 Å². The molecule has 0 unspecified atom stereocenters. The third-order valence-electron chi connectivity index (χ3n) is 1.30. The molecule has 0 aliphatic rings. The Bertz CT molecular complexity index is 295. The van der Waals surface area contributed by atoms with E-state index in [1.165, 1.54) is 0 Å².